The van der Waals surface area contributed by atoms with Crippen LogP contribution in [0.15, 0.2) is 23.1 Å². The molecule has 2 aromatic rings. The fourth-order valence-electron chi connectivity index (χ4n) is 4.06. The Morgan fingerprint density at radius 1 is 1.13 bits per heavy atom. The molecule has 4 rings (SSSR count). The van der Waals surface area contributed by atoms with Crippen molar-refractivity contribution in [1.82, 2.24) is 9.47 Å². The summed E-state index contributed by atoms with van der Waals surface area (Å²) in [4.78, 5) is 38.3. The van der Waals surface area contributed by atoms with Gasteiger partial charge in [0, 0.05) is 38.6 Å². The molecule has 0 unspecified atom stereocenters. The molecule has 1 saturated heterocycles. The van der Waals surface area contributed by atoms with E-state index < -0.39 is 23.4 Å². The van der Waals surface area contributed by atoms with Gasteiger partial charge in [0.15, 0.2) is 5.75 Å². The predicted octanol–water partition coefficient (Wildman–Crippen LogP) is 2.52. The molecule has 9 nitrogen and oxygen atoms in total. The van der Waals surface area contributed by atoms with Crippen molar-refractivity contribution >= 4 is 28.7 Å². The van der Waals surface area contributed by atoms with Gasteiger partial charge in [0.1, 0.15) is 5.82 Å². The largest absolute Gasteiger partial charge is 0.511 e. The number of pyridine rings is 1. The van der Waals surface area contributed by atoms with E-state index in [1.54, 1.807) is 10.6 Å². The Morgan fingerprint density at radius 2 is 1.84 bits per heavy atom. The first kappa shape index (κ1) is 21.1. The molecular weight excluding hydrogens is 409 g/mol. The number of carbonyl (C=O) groups is 2. The van der Waals surface area contributed by atoms with Crippen LogP contribution in [0.1, 0.15) is 31.7 Å². The molecule has 2 heterocycles. The minimum Gasteiger partial charge on any atom is -0.481 e. The lowest BCUT2D eigenvalue weighted by molar-refractivity contribution is -0.137. The van der Waals surface area contributed by atoms with Crippen molar-refractivity contribution in [3.8, 4) is 5.75 Å². The average Bonchev–Trinajstić information content (AvgIpc) is 3.55. The van der Waals surface area contributed by atoms with Gasteiger partial charge in [-0.2, -0.15) is 0 Å². The summed E-state index contributed by atoms with van der Waals surface area (Å²) in [5.74, 6) is -1.68. The molecule has 166 valence electrons. The van der Waals surface area contributed by atoms with Gasteiger partial charge in [-0.15, -0.1) is 0 Å². The normalized spacial score (nSPS) is 17.1. The fraction of sp³-hybridized carbons (Fsp3) is 0.476. The summed E-state index contributed by atoms with van der Waals surface area (Å²) < 4.78 is 21.4. The summed E-state index contributed by atoms with van der Waals surface area (Å²) in [6.07, 6.45) is 2.31. The van der Waals surface area contributed by atoms with Crippen LogP contribution in [-0.2, 0) is 4.79 Å². The number of piperazine rings is 1. The lowest BCUT2D eigenvalue weighted by Gasteiger charge is -2.36. The number of benzene rings is 1. The first-order valence-electron chi connectivity index (χ1n) is 10.3. The second-order valence-corrected chi connectivity index (χ2v) is 7.98. The zero-order valence-electron chi connectivity index (χ0n) is 16.9. The summed E-state index contributed by atoms with van der Waals surface area (Å²) in [7, 11) is 0. The number of hydrogen-bond donors (Lipinski definition) is 2. The standard InChI is InChI=1S/C21H24FN3O6/c22-15-10-14-16(25(13-3-4-13)12-18(20(14)28)31-21(29)30)11-17(15)24-8-6-23(7-9-24)5-1-2-19(26)27/h10-13H,1-9H2,(H,26,27)(H,29,30). The Morgan fingerprint density at radius 3 is 2.45 bits per heavy atom. The number of aromatic nitrogens is 1. The summed E-state index contributed by atoms with van der Waals surface area (Å²) in [6, 6.07) is 2.96. The van der Waals surface area contributed by atoms with Crippen molar-refractivity contribution in [2.45, 2.75) is 31.7 Å². The molecule has 2 fully saturated rings. The smallest absolute Gasteiger partial charge is 0.481 e. The molecule has 1 aromatic carbocycles. The highest BCUT2D eigenvalue weighted by Gasteiger charge is 2.28. The lowest BCUT2D eigenvalue weighted by atomic mass is 10.1. The zero-order chi connectivity index (χ0) is 22.1. The molecule has 2 aliphatic rings. The molecule has 31 heavy (non-hydrogen) atoms. The molecule has 1 aliphatic heterocycles. The van der Waals surface area contributed by atoms with Gasteiger partial charge < -0.3 is 24.4 Å². The number of aliphatic carboxylic acids is 1. The van der Waals surface area contributed by atoms with E-state index in [2.05, 4.69) is 9.64 Å². The van der Waals surface area contributed by atoms with E-state index >= 15 is 0 Å². The van der Waals surface area contributed by atoms with Crippen molar-refractivity contribution in [3.05, 3.63) is 34.4 Å². The van der Waals surface area contributed by atoms with E-state index in [0.717, 1.165) is 12.8 Å². The second-order valence-electron chi connectivity index (χ2n) is 7.98. The SMILES string of the molecule is O=C(O)CCCN1CCN(c2cc3c(cc2F)c(=O)c(OC(=O)O)cn3C2CC2)CC1. The Bertz CT molecular complexity index is 1070. The van der Waals surface area contributed by atoms with E-state index in [0.29, 0.717) is 50.3 Å². The number of carboxylic acids is 1. The zero-order valence-corrected chi connectivity index (χ0v) is 16.9. The quantitative estimate of drug-likeness (QED) is 0.641. The van der Waals surface area contributed by atoms with Gasteiger partial charge >= 0.3 is 12.1 Å². The van der Waals surface area contributed by atoms with Crippen LogP contribution in [0.2, 0.25) is 0 Å². The third kappa shape index (κ3) is 4.63. The number of halogens is 1. The third-order valence-electron chi connectivity index (χ3n) is 5.78. The van der Waals surface area contributed by atoms with E-state index in [-0.39, 0.29) is 23.6 Å². The van der Waals surface area contributed by atoms with E-state index in [9.17, 15) is 18.8 Å². The summed E-state index contributed by atoms with van der Waals surface area (Å²) >= 11 is 0. The van der Waals surface area contributed by atoms with Crippen molar-refractivity contribution < 1.29 is 28.9 Å². The van der Waals surface area contributed by atoms with Crippen LogP contribution in [0.4, 0.5) is 14.9 Å². The Labute approximate surface area is 177 Å². The molecule has 1 saturated carbocycles. The van der Waals surface area contributed by atoms with Gasteiger partial charge in [0.05, 0.1) is 22.8 Å². The molecule has 0 atom stereocenters. The van der Waals surface area contributed by atoms with E-state index in [4.69, 9.17) is 10.2 Å². The highest BCUT2D eigenvalue weighted by Crippen LogP contribution is 2.39. The van der Waals surface area contributed by atoms with Crippen molar-refractivity contribution in [2.75, 3.05) is 37.6 Å². The first-order valence-corrected chi connectivity index (χ1v) is 10.3. The maximum Gasteiger partial charge on any atom is 0.511 e. The van der Waals surface area contributed by atoms with Crippen molar-refractivity contribution in [2.24, 2.45) is 0 Å². The molecule has 0 bridgehead atoms. The van der Waals surface area contributed by atoms with E-state index in [1.807, 2.05) is 4.90 Å². The second kappa shape index (κ2) is 8.54. The first-order chi connectivity index (χ1) is 14.8. The molecular formula is C21H24FN3O6. The van der Waals surface area contributed by atoms with Crippen LogP contribution in [0.25, 0.3) is 10.9 Å². The number of fused-ring (bicyclic) bond motifs is 1. The molecule has 1 aromatic heterocycles. The third-order valence-corrected chi connectivity index (χ3v) is 5.78. The van der Waals surface area contributed by atoms with Crippen LogP contribution in [0.3, 0.4) is 0 Å². The molecule has 0 radical (unpaired) electrons. The summed E-state index contributed by atoms with van der Waals surface area (Å²) in [6.45, 7) is 3.25. The number of carboxylic acid groups (broad SMARTS) is 2. The van der Waals surface area contributed by atoms with E-state index in [1.165, 1.54) is 12.3 Å². The Hall–Kier alpha value is -3.14. The van der Waals surface area contributed by atoms with Gasteiger partial charge in [-0.1, -0.05) is 0 Å². The van der Waals surface area contributed by atoms with Gasteiger partial charge in [-0.25, -0.2) is 9.18 Å². The maximum atomic E-state index is 15.0. The lowest BCUT2D eigenvalue weighted by Crippen LogP contribution is -2.47. The number of hydrogen-bond acceptors (Lipinski definition) is 6. The predicted molar refractivity (Wildman–Crippen MR) is 111 cm³/mol. The molecule has 10 heteroatoms. The number of rotatable bonds is 7. The number of nitrogens with zero attached hydrogens (tertiary/aromatic N) is 3. The minimum atomic E-state index is -1.59. The summed E-state index contributed by atoms with van der Waals surface area (Å²) in [5, 5.41) is 17.8. The highest BCUT2D eigenvalue weighted by atomic mass is 19.1. The number of ether oxygens (including phenoxy) is 1. The van der Waals surface area contributed by atoms with Crippen molar-refractivity contribution in [1.29, 1.82) is 0 Å². The van der Waals surface area contributed by atoms with Crippen LogP contribution in [0.5, 0.6) is 5.75 Å². The van der Waals surface area contributed by atoms with Gasteiger partial charge in [-0.05, 0) is 37.9 Å². The Kier molecular flexibility index (Phi) is 5.81. The highest BCUT2D eigenvalue weighted by molar-refractivity contribution is 5.85. The van der Waals surface area contributed by atoms with Gasteiger partial charge in [0.25, 0.3) is 0 Å². The molecule has 0 spiro atoms. The Balaban J connectivity index is 1.59. The topological polar surface area (TPSA) is 112 Å². The van der Waals surface area contributed by atoms with Gasteiger partial charge in [0.2, 0.25) is 5.43 Å². The average molecular weight is 433 g/mol. The summed E-state index contributed by atoms with van der Waals surface area (Å²) in [5.41, 5.74) is 0.312. The molecule has 0 amide bonds. The monoisotopic (exact) mass is 433 g/mol. The van der Waals surface area contributed by atoms with Crippen LogP contribution in [-0.4, -0.2) is 64.5 Å². The van der Waals surface area contributed by atoms with Crippen LogP contribution in [0, 0.1) is 5.82 Å². The maximum absolute atomic E-state index is 15.0. The minimum absolute atomic E-state index is 0.0965. The fourth-order valence-corrected chi connectivity index (χ4v) is 4.06. The molecule has 2 N–H and O–H groups in total. The van der Waals surface area contributed by atoms with Gasteiger partial charge in [-0.3, -0.25) is 14.5 Å². The number of anilines is 1. The molecule has 1 aliphatic carbocycles. The van der Waals surface area contributed by atoms with Crippen LogP contribution >= 0.6 is 0 Å². The van der Waals surface area contributed by atoms with Crippen LogP contribution < -0.4 is 15.1 Å². The van der Waals surface area contributed by atoms with Crippen molar-refractivity contribution in [3.63, 3.8) is 0 Å².